The lowest BCUT2D eigenvalue weighted by molar-refractivity contribution is 0.102. The van der Waals surface area contributed by atoms with Crippen LogP contribution >= 0.6 is 11.8 Å². The molecule has 0 atom stereocenters. The van der Waals surface area contributed by atoms with Gasteiger partial charge in [0.2, 0.25) is 0 Å². The Kier molecular flexibility index (Phi) is 4.79. The van der Waals surface area contributed by atoms with E-state index in [4.69, 9.17) is 0 Å². The minimum Gasteiger partial charge on any atom is -0.345 e. The molecule has 0 aliphatic carbocycles. The van der Waals surface area contributed by atoms with Gasteiger partial charge < -0.3 is 4.57 Å². The molecule has 0 N–H and O–H groups in total. The van der Waals surface area contributed by atoms with Gasteiger partial charge in [0.1, 0.15) is 0 Å². The van der Waals surface area contributed by atoms with E-state index in [2.05, 4.69) is 16.1 Å². The van der Waals surface area contributed by atoms with Gasteiger partial charge in [0.15, 0.2) is 5.78 Å². The topological polar surface area (TPSA) is 34.9 Å². The number of allylic oxidation sites excluding steroid dienone is 1. The van der Waals surface area contributed by atoms with E-state index in [-0.39, 0.29) is 5.78 Å². The number of thioether (sulfide) groups is 1. The summed E-state index contributed by atoms with van der Waals surface area (Å²) in [7, 11) is 0. The highest BCUT2D eigenvalue weighted by Crippen LogP contribution is 2.20. The third kappa shape index (κ3) is 3.20. The molecule has 0 saturated heterocycles. The van der Waals surface area contributed by atoms with Crippen LogP contribution < -0.4 is 0 Å². The van der Waals surface area contributed by atoms with Crippen LogP contribution in [-0.2, 0) is 6.54 Å². The Bertz CT molecular complexity index is 617. The summed E-state index contributed by atoms with van der Waals surface area (Å²) in [5, 5.41) is 0.876. The van der Waals surface area contributed by atoms with Crippen LogP contribution in [0.3, 0.4) is 0 Å². The maximum absolute atomic E-state index is 12.3. The van der Waals surface area contributed by atoms with Crippen molar-refractivity contribution in [3.63, 3.8) is 0 Å². The second kappa shape index (κ2) is 6.57. The molecule has 0 saturated carbocycles. The zero-order chi connectivity index (χ0) is 14.5. The van der Waals surface area contributed by atoms with Gasteiger partial charge in [-0.1, -0.05) is 23.9 Å². The van der Waals surface area contributed by atoms with E-state index >= 15 is 0 Å². The van der Waals surface area contributed by atoms with Crippen LogP contribution in [0.5, 0.6) is 0 Å². The quantitative estimate of drug-likeness (QED) is 0.462. The molecule has 0 bridgehead atoms. The Balaban J connectivity index is 2.10. The van der Waals surface area contributed by atoms with Crippen LogP contribution in [-0.4, -0.2) is 21.1 Å². The number of nitrogens with zero attached hydrogens (tertiary/aromatic N) is 2. The smallest absolute Gasteiger partial charge is 0.174 e. The molecule has 0 aromatic carbocycles. The van der Waals surface area contributed by atoms with Gasteiger partial charge in [0.05, 0.1) is 10.8 Å². The highest BCUT2D eigenvalue weighted by atomic mass is 32.2. The molecule has 20 heavy (non-hydrogen) atoms. The first-order valence-electron chi connectivity index (χ1n) is 6.48. The highest BCUT2D eigenvalue weighted by Gasteiger charge is 2.15. The number of carbonyl (C=O) groups excluding carboxylic acids is 1. The minimum absolute atomic E-state index is 0.143. The summed E-state index contributed by atoms with van der Waals surface area (Å²) in [4.78, 5) is 16.5. The average Bonchev–Trinajstić information content (AvgIpc) is 2.74. The zero-order valence-corrected chi connectivity index (χ0v) is 12.6. The summed E-state index contributed by atoms with van der Waals surface area (Å²) >= 11 is 1.47. The number of hydrogen-bond acceptors (Lipinski definition) is 3. The van der Waals surface area contributed by atoms with Gasteiger partial charge in [-0.2, -0.15) is 0 Å². The molecule has 0 fully saturated rings. The van der Waals surface area contributed by atoms with E-state index in [9.17, 15) is 4.79 Å². The zero-order valence-electron chi connectivity index (χ0n) is 11.8. The van der Waals surface area contributed by atoms with Gasteiger partial charge in [-0.05, 0) is 32.0 Å². The molecule has 0 aliphatic rings. The highest BCUT2D eigenvalue weighted by molar-refractivity contribution is 7.99. The number of aromatic nitrogens is 2. The average molecular weight is 286 g/mol. The molecule has 2 heterocycles. The summed E-state index contributed by atoms with van der Waals surface area (Å²) < 4.78 is 2.10. The third-order valence-electron chi connectivity index (χ3n) is 3.17. The van der Waals surface area contributed by atoms with Crippen LogP contribution in [0, 0.1) is 13.8 Å². The number of carbonyl (C=O) groups is 1. The van der Waals surface area contributed by atoms with Gasteiger partial charge in [0, 0.05) is 29.7 Å². The molecule has 4 heteroatoms. The number of ketones is 1. The SMILES string of the molecule is C=CCn1c(C)cc(C(=O)CSc2ccccn2)c1C. The first kappa shape index (κ1) is 14.6. The van der Waals surface area contributed by atoms with Gasteiger partial charge in [-0.25, -0.2) is 4.98 Å². The van der Waals surface area contributed by atoms with Crippen molar-refractivity contribution in [2.45, 2.75) is 25.4 Å². The van der Waals surface area contributed by atoms with Crippen molar-refractivity contribution in [2.24, 2.45) is 0 Å². The van der Waals surface area contributed by atoms with Crippen LogP contribution in [0.1, 0.15) is 21.7 Å². The largest absolute Gasteiger partial charge is 0.345 e. The molecule has 3 nitrogen and oxygen atoms in total. The Morgan fingerprint density at radius 1 is 1.45 bits per heavy atom. The van der Waals surface area contributed by atoms with Gasteiger partial charge in [0.25, 0.3) is 0 Å². The predicted octanol–water partition coefficient (Wildman–Crippen LogP) is 3.66. The number of aryl methyl sites for hydroxylation is 1. The van der Waals surface area contributed by atoms with E-state index in [1.807, 2.05) is 44.2 Å². The minimum atomic E-state index is 0.143. The summed E-state index contributed by atoms with van der Waals surface area (Å²) in [6.07, 6.45) is 3.58. The van der Waals surface area contributed by atoms with Crippen molar-refractivity contribution < 1.29 is 4.79 Å². The molecule has 2 aromatic rings. The fourth-order valence-electron chi connectivity index (χ4n) is 2.14. The summed E-state index contributed by atoms with van der Waals surface area (Å²) in [5.74, 6) is 0.555. The van der Waals surface area contributed by atoms with Crippen molar-refractivity contribution in [1.29, 1.82) is 0 Å². The van der Waals surface area contributed by atoms with Crippen molar-refractivity contribution in [3.8, 4) is 0 Å². The van der Waals surface area contributed by atoms with E-state index in [0.717, 1.165) is 28.5 Å². The maximum atomic E-state index is 12.3. The molecule has 0 spiro atoms. The van der Waals surface area contributed by atoms with Crippen molar-refractivity contribution in [1.82, 2.24) is 9.55 Å². The molecule has 0 radical (unpaired) electrons. The standard InChI is InChI=1S/C16H18N2OS/c1-4-9-18-12(2)10-14(13(18)3)15(19)11-20-16-7-5-6-8-17-16/h4-8,10H,1,9,11H2,2-3H3. The van der Waals surface area contributed by atoms with Gasteiger partial charge in [-0.15, -0.1) is 6.58 Å². The normalized spacial score (nSPS) is 10.5. The number of hydrogen-bond donors (Lipinski definition) is 0. The van der Waals surface area contributed by atoms with Gasteiger partial charge in [-0.3, -0.25) is 4.79 Å². The molecule has 2 rings (SSSR count). The van der Waals surface area contributed by atoms with Crippen LogP contribution in [0.2, 0.25) is 0 Å². The van der Waals surface area contributed by atoms with Crippen molar-refractivity contribution in [3.05, 3.63) is 60.1 Å². The van der Waals surface area contributed by atoms with Crippen LogP contribution in [0.25, 0.3) is 0 Å². The number of pyridine rings is 1. The molecule has 0 aliphatic heterocycles. The van der Waals surface area contributed by atoms with Crippen molar-refractivity contribution in [2.75, 3.05) is 5.75 Å². The van der Waals surface area contributed by atoms with E-state index in [1.165, 1.54) is 11.8 Å². The summed E-state index contributed by atoms with van der Waals surface area (Å²) in [5.41, 5.74) is 2.90. The lowest BCUT2D eigenvalue weighted by Crippen LogP contribution is -2.06. The van der Waals surface area contributed by atoms with E-state index < -0.39 is 0 Å². The lowest BCUT2D eigenvalue weighted by atomic mass is 10.2. The number of rotatable bonds is 6. The van der Waals surface area contributed by atoms with Crippen LogP contribution in [0.15, 0.2) is 48.1 Å². The molecule has 0 unspecified atom stereocenters. The van der Waals surface area contributed by atoms with E-state index in [1.54, 1.807) is 6.20 Å². The Labute approximate surface area is 123 Å². The molecule has 2 aromatic heterocycles. The Hall–Kier alpha value is -1.81. The first-order chi connectivity index (χ1) is 9.63. The fraction of sp³-hybridized carbons (Fsp3) is 0.250. The number of Topliss-reactive ketones (excluding diaryl/α,β-unsaturated/α-hetero) is 1. The maximum Gasteiger partial charge on any atom is 0.174 e. The molecule has 0 amide bonds. The van der Waals surface area contributed by atoms with Gasteiger partial charge >= 0.3 is 0 Å². The molecule has 104 valence electrons. The first-order valence-corrected chi connectivity index (χ1v) is 7.46. The fourth-order valence-corrected chi connectivity index (χ4v) is 2.89. The third-order valence-corrected chi connectivity index (χ3v) is 4.12. The molecular weight excluding hydrogens is 268 g/mol. The molecular formula is C16H18N2OS. The second-order valence-electron chi connectivity index (χ2n) is 4.56. The second-order valence-corrected chi connectivity index (χ2v) is 5.56. The summed E-state index contributed by atoms with van der Waals surface area (Å²) in [6, 6.07) is 7.67. The Morgan fingerprint density at radius 2 is 2.25 bits per heavy atom. The van der Waals surface area contributed by atoms with Crippen molar-refractivity contribution >= 4 is 17.5 Å². The summed E-state index contributed by atoms with van der Waals surface area (Å²) in [6.45, 7) is 8.48. The lowest BCUT2D eigenvalue weighted by Gasteiger charge is -2.06. The monoisotopic (exact) mass is 286 g/mol. The Morgan fingerprint density at radius 3 is 2.90 bits per heavy atom. The van der Waals surface area contributed by atoms with Crippen LogP contribution in [0.4, 0.5) is 0 Å². The van der Waals surface area contributed by atoms with E-state index in [0.29, 0.717) is 5.75 Å². The predicted molar refractivity (Wildman–Crippen MR) is 83.4 cm³/mol.